The highest BCUT2D eigenvalue weighted by Crippen LogP contribution is 2.23. The molecule has 1 saturated heterocycles. The zero-order chi connectivity index (χ0) is 16.4. The molecule has 0 atom stereocenters. The van der Waals surface area contributed by atoms with Gasteiger partial charge < -0.3 is 5.32 Å². The van der Waals surface area contributed by atoms with Crippen LogP contribution in [0.4, 0.5) is 4.39 Å². The highest BCUT2D eigenvalue weighted by atomic mass is 19.1. The van der Waals surface area contributed by atoms with Crippen LogP contribution in [0.25, 0.3) is 0 Å². The summed E-state index contributed by atoms with van der Waals surface area (Å²) in [4.78, 5) is 0. The number of hydrogen-bond donors (Lipinski definition) is 1. The van der Waals surface area contributed by atoms with E-state index in [0.717, 1.165) is 32.1 Å². The molecule has 1 aromatic carbocycles. The van der Waals surface area contributed by atoms with Crippen LogP contribution in [0.5, 0.6) is 0 Å². The summed E-state index contributed by atoms with van der Waals surface area (Å²) in [6.07, 6.45) is 11.0. The lowest BCUT2D eigenvalue weighted by Crippen LogP contribution is -2.56. The lowest BCUT2D eigenvalue weighted by Gasteiger charge is -2.34. The molecule has 1 aliphatic heterocycles. The molecule has 1 aliphatic carbocycles. The van der Waals surface area contributed by atoms with Crippen LogP contribution in [-0.2, 0) is 6.42 Å². The molecule has 0 spiro atoms. The lowest BCUT2D eigenvalue weighted by atomic mass is 9.93. The van der Waals surface area contributed by atoms with Crippen molar-refractivity contribution in [3.8, 4) is 11.8 Å². The van der Waals surface area contributed by atoms with Crippen LogP contribution >= 0.6 is 0 Å². The van der Waals surface area contributed by atoms with E-state index in [1.54, 1.807) is 0 Å². The lowest BCUT2D eigenvalue weighted by molar-refractivity contribution is 0.0779. The van der Waals surface area contributed by atoms with E-state index in [0.29, 0.717) is 13.1 Å². The normalized spacial score (nSPS) is 17.6. The summed E-state index contributed by atoms with van der Waals surface area (Å²) in [7, 11) is 0. The first-order valence-corrected chi connectivity index (χ1v) is 8.49. The number of alkyl halides is 1. The zero-order valence-electron chi connectivity index (χ0n) is 13.9. The van der Waals surface area contributed by atoms with Crippen molar-refractivity contribution in [2.24, 2.45) is 0 Å². The van der Waals surface area contributed by atoms with Crippen LogP contribution in [0, 0.1) is 11.8 Å². The van der Waals surface area contributed by atoms with Gasteiger partial charge in [0.15, 0.2) is 0 Å². The average Bonchev–Trinajstić information content (AvgIpc) is 2.81. The number of unbranched alkanes of at least 4 members (excludes halogenated alkanes) is 1. The second-order valence-electron chi connectivity index (χ2n) is 6.16. The van der Waals surface area contributed by atoms with Crippen LogP contribution in [0.1, 0.15) is 38.2 Å². The van der Waals surface area contributed by atoms with Crippen molar-refractivity contribution in [3.63, 3.8) is 0 Å². The number of hydrogen-bond acceptors (Lipinski definition) is 1. The van der Waals surface area contributed by atoms with Gasteiger partial charge in [0, 0.05) is 19.5 Å². The third-order valence-corrected chi connectivity index (χ3v) is 4.06. The zero-order valence-corrected chi connectivity index (χ0v) is 13.9. The second-order valence-corrected chi connectivity index (χ2v) is 6.16. The second kappa shape index (κ2) is 9.33. The number of nitrogens with one attached hydrogen (secondary N) is 1. The molecule has 1 fully saturated rings. The summed E-state index contributed by atoms with van der Waals surface area (Å²) >= 11 is 0. The maximum absolute atomic E-state index is 13.0. The number of halogens is 1. The fourth-order valence-electron chi connectivity index (χ4n) is 2.55. The fraction of sp³-hybridized carbons (Fsp3) is 0.429. The van der Waals surface area contributed by atoms with Gasteiger partial charge in [0.05, 0.1) is 0 Å². The fourth-order valence-corrected chi connectivity index (χ4v) is 2.55. The molecule has 0 saturated carbocycles. The average molecular weight is 311 g/mol. The molecule has 0 unspecified atom stereocenters. The molecule has 0 amide bonds. The first-order valence-electron chi connectivity index (χ1n) is 8.49. The van der Waals surface area contributed by atoms with E-state index in [1.165, 1.54) is 11.1 Å². The SMILES string of the molecule is C1#CCC=C(Cc2ccccc2)C=C1.CCCCC1(F)CNC1. The number of benzene rings is 1. The molecular formula is C21H26FN. The van der Waals surface area contributed by atoms with Gasteiger partial charge in [0.2, 0.25) is 0 Å². The Morgan fingerprint density at radius 1 is 1.22 bits per heavy atom. The van der Waals surface area contributed by atoms with Crippen molar-refractivity contribution in [1.82, 2.24) is 5.32 Å². The minimum absolute atomic E-state index is 0.576. The summed E-state index contributed by atoms with van der Waals surface area (Å²) in [5, 5.41) is 2.94. The van der Waals surface area contributed by atoms with Crippen LogP contribution in [0.15, 0.2) is 54.1 Å². The first-order chi connectivity index (χ1) is 11.2. The third kappa shape index (κ3) is 6.42. The van der Waals surface area contributed by atoms with Gasteiger partial charge in [-0.2, -0.15) is 0 Å². The molecule has 1 heterocycles. The molecule has 0 bridgehead atoms. The van der Waals surface area contributed by atoms with Crippen LogP contribution in [0.3, 0.4) is 0 Å². The molecule has 122 valence electrons. The summed E-state index contributed by atoms with van der Waals surface area (Å²) in [6.45, 7) is 3.25. The van der Waals surface area contributed by atoms with Gasteiger partial charge in [-0.05, 0) is 30.1 Å². The predicted octanol–water partition coefficient (Wildman–Crippen LogP) is 4.61. The predicted molar refractivity (Wildman–Crippen MR) is 96.0 cm³/mol. The first kappa shape index (κ1) is 17.5. The molecule has 1 nitrogen and oxygen atoms in total. The Labute approximate surface area is 139 Å². The van der Waals surface area contributed by atoms with Gasteiger partial charge in [0.25, 0.3) is 0 Å². The Balaban J connectivity index is 0.000000185. The third-order valence-electron chi connectivity index (χ3n) is 4.06. The Hall–Kier alpha value is -1.85. The van der Waals surface area contributed by atoms with Crippen molar-refractivity contribution in [2.45, 2.75) is 44.7 Å². The summed E-state index contributed by atoms with van der Waals surface area (Å²) in [5.41, 5.74) is 1.86. The van der Waals surface area contributed by atoms with Gasteiger partial charge in [-0.1, -0.05) is 74.1 Å². The van der Waals surface area contributed by atoms with E-state index >= 15 is 0 Å². The van der Waals surface area contributed by atoms with E-state index in [4.69, 9.17) is 0 Å². The Bertz CT molecular complexity index is 585. The monoisotopic (exact) mass is 311 g/mol. The molecule has 3 rings (SSSR count). The maximum atomic E-state index is 13.0. The summed E-state index contributed by atoms with van der Waals surface area (Å²) < 4.78 is 13.0. The van der Waals surface area contributed by atoms with Gasteiger partial charge in [-0.25, -0.2) is 4.39 Å². The summed E-state index contributed by atoms with van der Waals surface area (Å²) in [6, 6.07) is 10.5. The molecular weight excluding hydrogens is 285 g/mol. The molecule has 1 aromatic rings. The van der Waals surface area contributed by atoms with E-state index < -0.39 is 5.67 Å². The molecule has 0 aromatic heterocycles. The van der Waals surface area contributed by atoms with Crippen LogP contribution < -0.4 is 5.32 Å². The topological polar surface area (TPSA) is 12.0 Å². The molecule has 2 heteroatoms. The van der Waals surface area contributed by atoms with Crippen molar-refractivity contribution in [3.05, 3.63) is 59.7 Å². The van der Waals surface area contributed by atoms with Crippen molar-refractivity contribution in [1.29, 1.82) is 0 Å². The van der Waals surface area contributed by atoms with Crippen LogP contribution in [0.2, 0.25) is 0 Å². The van der Waals surface area contributed by atoms with Crippen molar-refractivity contribution >= 4 is 0 Å². The maximum Gasteiger partial charge on any atom is 0.135 e. The number of rotatable bonds is 5. The van der Waals surface area contributed by atoms with E-state index in [1.807, 2.05) is 12.1 Å². The van der Waals surface area contributed by atoms with E-state index in [-0.39, 0.29) is 0 Å². The van der Waals surface area contributed by atoms with Crippen LogP contribution in [-0.4, -0.2) is 18.8 Å². The summed E-state index contributed by atoms with van der Waals surface area (Å²) in [5.74, 6) is 6.03. The Morgan fingerprint density at radius 3 is 2.65 bits per heavy atom. The smallest absolute Gasteiger partial charge is 0.135 e. The largest absolute Gasteiger partial charge is 0.310 e. The van der Waals surface area contributed by atoms with Crippen molar-refractivity contribution < 1.29 is 4.39 Å². The molecule has 23 heavy (non-hydrogen) atoms. The van der Waals surface area contributed by atoms with Gasteiger partial charge >= 0.3 is 0 Å². The number of allylic oxidation sites excluding steroid dienone is 4. The standard InChI is InChI=1S/C14H12.C7H14FN/c1-2-5-9-13(8-4-1)12-14-10-6-3-7-11-14;1-2-3-4-7(8)5-9-6-7/h3-4,6-11H,5,12H2;9H,2-6H2,1H3. The van der Waals surface area contributed by atoms with Gasteiger partial charge in [0.1, 0.15) is 5.67 Å². The van der Waals surface area contributed by atoms with Gasteiger partial charge in [-0.15, -0.1) is 0 Å². The van der Waals surface area contributed by atoms with Crippen molar-refractivity contribution in [2.75, 3.05) is 13.1 Å². The van der Waals surface area contributed by atoms with Gasteiger partial charge in [-0.3, -0.25) is 0 Å². The van der Waals surface area contributed by atoms with E-state index in [9.17, 15) is 4.39 Å². The Kier molecular flexibility index (Phi) is 7.10. The Morgan fingerprint density at radius 2 is 2.00 bits per heavy atom. The molecule has 0 radical (unpaired) electrons. The van der Waals surface area contributed by atoms with E-state index in [2.05, 4.69) is 60.5 Å². The highest BCUT2D eigenvalue weighted by molar-refractivity contribution is 5.35. The molecule has 2 aliphatic rings. The minimum Gasteiger partial charge on any atom is -0.310 e. The highest BCUT2D eigenvalue weighted by Gasteiger charge is 2.35. The molecule has 1 N–H and O–H groups in total. The minimum atomic E-state index is -0.837. The quantitative estimate of drug-likeness (QED) is 0.783.